The molecule has 2 fully saturated rings. The van der Waals surface area contributed by atoms with E-state index in [1.54, 1.807) is 0 Å². The average molecular weight is 293 g/mol. The van der Waals surface area contributed by atoms with Gasteiger partial charge in [0, 0.05) is 45.0 Å². The SMILES string of the molecule is CNc1c(C=N)ccc(N(C)C2CC3(CNC3)C2)c1Cl. The van der Waals surface area contributed by atoms with Gasteiger partial charge in [0.05, 0.1) is 16.4 Å². The van der Waals surface area contributed by atoms with E-state index in [4.69, 9.17) is 17.0 Å². The third-order valence-corrected chi connectivity index (χ3v) is 5.21. The fourth-order valence-electron chi connectivity index (χ4n) is 3.40. The van der Waals surface area contributed by atoms with Crippen molar-refractivity contribution in [1.82, 2.24) is 5.32 Å². The fourth-order valence-corrected chi connectivity index (χ4v) is 3.80. The summed E-state index contributed by atoms with van der Waals surface area (Å²) in [5.74, 6) is 0. The highest BCUT2D eigenvalue weighted by Crippen LogP contribution is 2.48. The lowest BCUT2D eigenvalue weighted by molar-refractivity contribution is 0.0374. The highest BCUT2D eigenvalue weighted by molar-refractivity contribution is 6.36. The quantitative estimate of drug-likeness (QED) is 0.748. The van der Waals surface area contributed by atoms with Gasteiger partial charge in [0.1, 0.15) is 0 Å². The molecule has 0 amide bonds. The highest BCUT2D eigenvalue weighted by atomic mass is 35.5. The molecule has 3 N–H and O–H groups in total. The Morgan fingerprint density at radius 1 is 1.45 bits per heavy atom. The summed E-state index contributed by atoms with van der Waals surface area (Å²) in [6.07, 6.45) is 3.82. The lowest BCUT2D eigenvalue weighted by atomic mass is 9.61. The zero-order chi connectivity index (χ0) is 14.3. The van der Waals surface area contributed by atoms with E-state index in [9.17, 15) is 0 Å². The van der Waals surface area contributed by atoms with E-state index in [1.165, 1.54) is 32.1 Å². The Labute approximate surface area is 125 Å². The number of anilines is 2. The Morgan fingerprint density at radius 3 is 2.65 bits per heavy atom. The van der Waals surface area contributed by atoms with Crippen molar-refractivity contribution in [1.29, 1.82) is 5.41 Å². The monoisotopic (exact) mass is 292 g/mol. The van der Waals surface area contributed by atoms with Crippen LogP contribution in [-0.2, 0) is 0 Å². The summed E-state index contributed by atoms with van der Waals surface area (Å²) in [4.78, 5) is 2.29. The molecule has 1 saturated heterocycles. The zero-order valence-electron chi connectivity index (χ0n) is 12.0. The van der Waals surface area contributed by atoms with Gasteiger partial charge in [0.15, 0.2) is 0 Å². The molecule has 1 aliphatic heterocycles. The normalized spacial score (nSPS) is 20.1. The van der Waals surface area contributed by atoms with Crippen LogP contribution >= 0.6 is 11.6 Å². The van der Waals surface area contributed by atoms with E-state index >= 15 is 0 Å². The molecule has 0 bridgehead atoms. The van der Waals surface area contributed by atoms with E-state index in [0.717, 1.165) is 16.9 Å². The molecule has 2 aliphatic rings. The van der Waals surface area contributed by atoms with Gasteiger partial charge in [-0.15, -0.1) is 0 Å². The number of rotatable bonds is 4. The number of nitrogens with zero attached hydrogens (tertiary/aromatic N) is 1. The maximum Gasteiger partial charge on any atom is 0.0877 e. The van der Waals surface area contributed by atoms with Crippen molar-refractivity contribution in [2.45, 2.75) is 18.9 Å². The number of hydrogen-bond donors (Lipinski definition) is 3. The summed E-state index contributed by atoms with van der Waals surface area (Å²) in [6.45, 7) is 2.33. The molecule has 0 radical (unpaired) electrons. The molecule has 0 atom stereocenters. The van der Waals surface area contributed by atoms with Gasteiger partial charge in [0.2, 0.25) is 0 Å². The molecule has 4 nitrogen and oxygen atoms in total. The lowest BCUT2D eigenvalue weighted by Crippen LogP contribution is -2.64. The minimum absolute atomic E-state index is 0.562. The first-order valence-electron chi connectivity index (χ1n) is 7.04. The van der Waals surface area contributed by atoms with E-state index in [2.05, 4.69) is 22.6 Å². The van der Waals surface area contributed by atoms with Crippen LogP contribution in [0.15, 0.2) is 12.1 Å². The Kier molecular flexibility index (Phi) is 3.38. The second-order valence-electron chi connectivity index (χ2n) is 6.03. The van der Waals surface area contributed by atoms with Crippen LogP contribution in [0.25, 0.3) is 0 Å². The molecule has 3 rings (SSSR count). The highest BCUT2D eigenvalue weighted by Gasteiger charge is 2.49. The van der Waals surface area contributed by atoms with Gasteiger partial charge >= 0.3 is 0 Å². The molecule has 1 saturated carbocycles. The summed E-state index contributed by atoms with van der Waals surface area (Å²) in [6, 6.07) is 4.55. The maximum absolute atomic E-state index is 7.43. The lowest BCUT2D eigenvalue weighted by Gasteiger charge is -2.57. The van der Waals surface area contributed by atoms with Crippen molar-refractivity contribution in [2.75, 3.05) is 37.4 Å². The van der Waals surface area contributed by atoms with E-state index < -0.39 is 0 Å². The molecule has 1 spiro atoms. The zero-order valence-corrected chi connectivity index (χ0v) is 12.7. The molecule has 1 aromatic rings. The predicted molar refractivity (Wildman–Crippen MR) is 85.6 cm³/mol. The Balaban J connectivity index is 1.81. The maximum atomic E-state index is 7.43. The second-order valence-corrected chi connectivity index (χ2v) is 6.41. The van der Waals surface area contributed by atoms with Crippen molar-refractivity contribution in [2.24, 2.45) is 5.41 Å². The number of hydrogen-bond acceptors (Lipinski definition) is 4. The number of benzene rings is 1. The molecule has 0 aromatic heterocycles. The smallest absolute Gasteiger partial charge is 0.0877 e. The molecule has 0 unspecified atom stereocenters. The van der Waals surface area contributed by atoms with Crippen LogP contribution in [0.2, 0.25) is 5.02 Å². The van der Waals surface area contributed by atoms with Gasteiger partial charge in [-0.25, -0.2) is 0 Å². The van der Waals surface area contributed by atoms with Crippen molar-refractivity contribution in [3.63, 3.8) is 0 Å². The van der Waals surface area contributed by atoms with Crippen LogP contribution in [0.5, 0.6) is 0 Å². The molecule has 1 aromatic carbocycles. The van der Waals surface area contributed by atoms with E-state index in [-0.39, 0.29) is 0 Å². The molecule has 1 heterocycles. The fraction of sp³-hybridized carbons (Fsp3) is 0.533. The Hall–Kier alpha value is -1.26. The molecule has 5 heteroatoms. The topological polar surface area (TPSA) is 51.2 Å². The van der Waals surface area contributed by atoms with Crippen molar-refractivity contribution < 1.29 is 0 Å². The molecular formula is C15H21ClN4. The Morgan fingerprint density at radius 2 is 2.15 bits per heavy atom. The predicted octanol–water partition coefficient (Wildman–Crippen LogP) is 2.57. The molecular weight excluding hydrogens is 272 g/mol. The summed E-state index contributed by atoms with van der Waals surface area (Å²) < 4.78 is 0. The average Bonchev–Trinajstić information content (AvgIpc) is 2.34. The van der Waals surface area contributed by atoms with Crippen LogP contribution in [0.1, 0.15) is 18.4 Å². The van der Waals surface area contributed by atoms with Crippen LogP contribution in [0, 0.1) is 10.8 Å². The van der Waals surface area contributed by atoms with Crippen LogP contribution in [0.3, 0.4) is 0 Å². The van der Waals surface area contributed by atoms with Crippen molar-refractivity contribution >= 4 is 29.2 Å². The standard InChI is InChI=1S/C15H21ClN4/c1-18-14-10(7-17)3-4-12(13(14)16)20(2)11-5-15(6-11)8-19-9-15/h3-4,7,11,17-19H,5-6,8-9H2,1-2H3. The minimum Gasteiger partial charge on any atom is -0.386 e. The largest absolute Gasteiger partial charge is 0.386 e. The third-order valence-electron chi connectivity index (χ3n) is 4.82. The van der Waals surface area contributed by atoms with Gasteiger partial charge in [-0.1, -0.05) is 11.6 Å². The van der Waals surface area contributed by atoms with Crippen LogP contribution < -0.4 is 15.5 Å². The number of nitrogens with one attached hydrogen (secondary N) is 3. The van der Waals surface area contributed by atoms with Gasteiger partial charge < -0.3 is 20.9 Å². The third kappa shape index (κ3) is 1.98. The van der Waals surface area contributed by atoms with E-state index in [0.29, 0.717) is 16.5 Å². The first-order chi connectivity index (χ1) is 9.60. The first kappa shape index (κ1) is 13.7. The van der Waals surface area contributed by atoms with Gasteiger partial charge in [-0.2, -0.15) is 0 Å². The molecule has 1 aliphatic carbocycles. The van der Waals surface area contributed by atoms with Gasteiger partial charge in [-0.05, 0) is 30.4 Å². The van der Waals surface area contributed by atoms with Crippen LogP contribution in [-0.4, -0.2) is 39.4 Å². The summed E-state index contributed by atoms with van der Waals surface area (Å²) in [7, 11) is 3.96. The van der Waals surface area contributed by atoms with Crippen LogP contribution in [0.4, 0.5) is 11.4 Å². The van der Waals surface area contributed by atoms with E-state index in [1.807, 2.05) is 19.2 Å². The van der Waals surface area contributed by atoms with Gasteiger partial charge in [0.25, 0.3) is 0 Å². The minimum atomic E-state index is 0.562. The summed E-state index contributed by atoms with van der Waals surface area (Å²) >= 11 is 6.51. The first-order valence-corrected chi connectivity index (χ1v) is 7.42. The molecule has 20 heavy (non-hydrogen) atoms. The Bertz CT molecular complexity index is 531. The molecule has 108 valence electrons. The number of halogens is 1. The van der Waals surface area contributed by atoms with Gasteiger partial charge in [-0.3, -0.25) is 0 Å². The van der Waals surface area contributed by atoms with Crippen molar-refractivity contribution in [3.05, 3.63) is 22.7 Å². The second kappa shape index (κ2) is 4.93. The van der Waals surface area contributed by atoms with Crippen molar-refractivity contribution in [3.8, 4) is 0 Å². The summed E-state index contributed by atoms with van der Waals surface area (Å²) in [5, 5.41) is 14.6. The summed E-state index contributed by atoms with van der Waals surface area (Å²) in [5.41, 5.74) is 3.27.